The zero-order valence-corrected chi connectivity index (χ0v) is 13.1. The van der Waals surface area contributed by atoms with Crippen LogP contribution < -0.4 is 14.8 Å². The lowest BCUT2D eigenvalue weighted by Gasteiger charge is -2.20. The van der Waals surface area contributed by atoms with Gasteiger partial charge in [0.15, 0.2) is 11.5 Å². The van der Waals surface area contributed by atoms with E-state index in [0.717, 1.165) is 19.3 Å². The van der Waals surface area contributed by atoms with Crippen molar-refractivity contribution in [1.82, 2.24) is 4.90 Å². The highest BCUT2D eigenvalue weighted by Gasteiger charge is 2.19. The van der Waals surface area contributed by atoms with E-state index in [-0.39, 0.29) is 18.4 Å². The van der Waals surface area contributed by atoms with E-state index in [1.165, 1.54) is 0 Å². The first-order valence-corrected chi connectivity index (χ1v) is 7.43. The molecule has 6 heteroatoms. The zero-order chi connectivity index (χ0) is 15.9. The first-order chi connectivity index (χ1) is 10.6. The Kier molecular flexibility index (Phi) is 5.63. The van der Waals surface area contributed by atoms with E-state index in [2.05, 4.69) is 5.32 Å². The molecule has 0 spiro atoms. The molecule has 0 bridgehead atoms. The third kappa shape index (κ3) is 4.13. The highest BCUT2D eigenvalue weighted by Crippen LogP contribution is 2.29. The quantitative estimate of drug-likeness (QED) is 0.904. The Bertz CT molecular complexity index is 545. The molecule has 1 N–H and O–H groups in total. The molecule has 0 unspecified atom stereocenters. The van der Waals surface area contributed by atoms with Gasteiger partial charge in [0, 0.05) is 24.7 Å². The lowest BCUT2D eigenvalue weighted by atomic mass is 10.2. The van der Waals surface area contributed by atoms with Crippen molar-refractivity contribution in [3.8, 4) is 11.5 Å². The van der Waals surface area contributed by atoms with Crippen LogP contribution in [0.4, 0.5) is 5.69 Å². The Morgan fingerprint density at radius 1 is 1.18 bits per heavy atom. The molecule has 1 fully saturated rings. The van der Waals surface area contributed by atoms with Crippen LogP contribution in [0.1, 0.15) is 25.7 Å². The fourth-order valence-corrected chi connectivity index (χ4v) is 2.49. The Morgan fingerprint density at radius 3 is 2.68 bits per heavy atom. The first kappa shape index (κ1) is 16.1. The lowest BCUT2D eigenvalue weighted by Crippen LogP contribution is -2.37. The summed E-state index contributed by atoms with van der Waals surface area (Å²) in [5, 5.41) is 2.79. The van der Waals surface area contributed by atoms with Gasteiger partial charge in [-0.1, -0.05) is 6.42 Å². The molecule has 22 heavy (non-hydrogen) atoms. The van der Waals surface area contributed by atoms with E-state index < -0.39 is 0 Å². The number of anilines is 1. The van der Waals surface area contributed by atoms with Gasteiger partial charge in [0.05, 0.1) is 20.8 Å². The van der Waals surface area contributed by atoms with Crippen molar-refractivity contribution >= 4 is 17.5 Å². The fourth-order valence-electron chi connectivity index (χ4n) is 2.49. The molecule has 0 aliphatic carbocycles. The van der Waals surface area contributed by atoms with Crippen molar-refractivity contribution < 1.29 is 19.1 Å². The van der Waals surface area contributed by atoms with Crippen LogP contribution in [0.3, 0.4) is 0 Å². The smallest absolute Gasteiger partial charge is 0.243 e. The van der Waals surface area contributed by atoms with E-state index in [4.69, 9.17) is 9.47 Å². The molecule has 1 heterocycles. The maximum Gasteiger partial charge on any atom is 0.243 e. The van der Waals surface area contributed by atoms with Gasteiger partial charge in [0.25, 0.3) is 0 Å². The molecule has 0 aromatic heterocycles. The topological polar surface area (TPSA) is 67.9 Å². The van der Waals surface area contributed by atoms with E-state index >= 15 is 0 Å². The number of carbonyl (C=O) groups is 2. The van der Waals surface area contributed by atoms with Crippen molar-refractivity contribution in [3.63, 3.8) is 0 Å². The number of likely N-dealkylation sites (tertiary alicyclic amines) is 1. The van der Waals surface area contributed by atoms with Crippen LogP contribution in [0.25, 0.3) is 0 Å². The van der Waals surface area contributed by atoms with Gasteiger partial charge >= 0.3 is 0 Å². The molecule has 6 nitrogen and oxygen atoms in total. The van der Waals surface area contributed by atoms with Gasteiger partial charge in [0.2, 0.25) is 11.8 Å². The first-order valence-electron chi connectivity index (χ1n) is 7.43. The highest BCUT2D eigenvalue weighted by molar-refractivity contribution is 5.94. The van der Waals surface area contributed by atoms with Gasteiger partial charge in [0.1, 0.15) is 0 Å². The molecule has 0 saturated carbocycles. The number of hydrogen-bond donors (Lipinski definition) is 1. The lowest BCUT2D eigenvalue weighted by molar-refractivity contribution is -0.134. The maximum atomic E-state index is 12.1. The maximum absolute atomic E-state index is 12.1. The summed E-state index contributed by atoms with van der Waals surface area (Å²) in [6, 6.07) is 5.16. The van der Waals surface area contributed by atoms with Crippen molar-refractivity contribution in [2.24, 2.45) is 0 Å². The molecule has 1 aliphatic heterocycles. The minimum atomic E-state index is -0.206. The Morgan fingerprint density at radius 2 is 1.95 bits per heavy atom. The van der Waals surface area contributed by atoms with E-state index in [9.17, 15) is 9.59 Å². The number of amides is 2. The summed E-state index contributed by atoms with van der Waals surface area (Å²) >= 11 is 0. The number of methoxy groups -OCH3 is 2. The standard InChI is InChI=1S/C16H22N2O4/c1-21-13-8-7-12(10-14(13)22-2)17-15(19)11-18-9-5-3-4-6-16(18)20/h7-8,10H,3-6,9,11H2,1-2H3,(H,17,19). The SMILES string of the molecule is COc1ccc(NC(=O)CN2CCCCCC2=O)cc1OC. The normalized spacial score (nSPS) is 15.2. The third-order valence-electron chi connectivity index (χ3n) is 3.67. The number of nitrogens with one attached hydrogen (secondary N) is 1. The molecule has 0 atom stereocenters. The summed E-state index contributed by atoms with van der Waals surface area (Å²) in [6.45, 7) is 0.741. The number of ether oxygens (including phenoxy) is 2. The second-order valence-electron chi connectivity index (χ2n) is 5.24. The van der Waals surface area contributed by atoms with Crippen LogP contribution in [0, 0.1) is 0 Å². The molecule has 120 valence electrons. The summed E-state index contributed by atoms with van der Waals surface area (Å²) in [6.07, 6.45) is 3.44. The highest BCUT2D eigenvalue weighted by atomic mass is 16.5. The van der Waals surface area contributed by atoms with Gasteiger partial charge in [-0.05, 0) is 25.0 Å². The molecular formula is C16H22N2O4. The minimum absolute atomic E-state index is 0.0555. The summed E-state index contributed by atoms with van der Waals surface area (Å²) in [7, 11) is 3.10. The van der Waals surface area contributed by atoms with Gasteiger partial charge in [-0.15, -0.1) is 0 Å². The molecule has 1 aromatic carbocycles. The second kappa shape index (κ2) is 7.68. The van der Waals surface area contributed by atoms with Crippen molar-refractivity contribution in [3.05, 3.63) is 18.2 Å². The molecule has 2 amide bonds. The van der Waals surface area contributed by atoms with Crippen LogP contribution in [0.15, 0.2) is 18.2 Å². The molecule has 1 aliphatic rings. The van der Waals surface area contributed by atoms with E-state index in [1.54, 1.807) is 37.3 Å². The molecule has 0 radical (unpaired) electrons. The predicted octanol–water partition coefficient (Wildman–Crippen LogP) is 2.04. The second-order valence-corrected chi connectivity index (χ2v) is 5.24. The average Bonchev–Trinajstić information content (AvgIpc) is 2.72. The molecule has 1 aromatic rings. The van der Waals surface area contributed by atoms with Crippen molar-refractivity contribution in [1.29, 1.82) is 0 Å². The number of nitrogens with zero attached hydrogens (tertiary/aromatic N) is 1. The Balaban J connectivity index is 1.98. The summed E-state index contributed by atoms with van der Waals surface area (Å²) in [5.74, 6) is 0.997. The number of carbonyl (C=O) groups excluding carboxylic acids is 2. The fraction of sp³-hybridized carbons (Fsp3) is 0.500. The molecular weight excluding hydrogens is 284 g/mol. The summed E-state index contributed by atoms with van der Waals surface area (Å²) < 4.78 is 10.4. The van der Waals surface area contributed by atoms with Gasteiger partial charge in [-0.2, -0.15) is 0 Å². The minimum Gasteiger partial charge on any atom is -0.493 e. The predicted molar refractivity (Wildman–Crippen MR) is 83.2 cm³/mol. The number of rotatable bonds is 5. The van der Waals surface area contributed by atoms with Gasteiger partial charge in [-0.3, -0.25) is 9.59 Å². The molecule has 2 rings (SSSR count). The van der Waals surface area contributed by atoms with Crippen molar-refractivity contribution in [2.75, 3.05) is 32.6 Å². The monoisotopic (exact) mass is 306 g/mol. The summed E-state index contributed by atoms with van der Waals surface area (Å²) in [5.41, 5.74) is 0.616. The van der Waals surface area contributed by atoms with Crippen LogP contribution in [-0.4, -0.2) is 44.0 Å². The largest absolute Gasteiger partial charge is 0.493 e. The van der Waals surface area contributed by atoms with Crippen LogP contribution >= 0.6 is 0 Å². The van der Waals surface area contributed by atoms with Crippen LogP contribution in [0.2, 0.25) is 0 Å². The molecule has 1 saturated heterocycles. The van der Waals surface area contributed by atoms with Gasteiger partial charge < -0.3 is 19.7 Å². The van der Waals surface area contributed by atoms with Gasteiger partial charge in [-0.25, -0.2) is 0 Å². The Hall–Kier alpha value is -2.24. The average molecular weight is 306 g/mol. The van der Waals surface area contributed by atoms with E-state index in [0.29, 0.717) is 30.2 Å². The number of benzene rings is 1. The zero-order valence-electron chi connectivity index (χ0n) is 13.1. The summed E-state index contributed by atoms with van der Waals surface area (Å²) in [4.78, 5) is 25.6. The van der Waals surface area contributed by atoms with E-state index in [1.807, 2.05) is 0 Å². The Labute approximate surface area is 130 Å². The number of hydrogen-bond acceptors (Lipinski definition) is 4. The van der Waals surface area contributed by atoms with Crippen molar-refractivity contribution in [2.45, 2.75) is 25.7 Å². The van der Waals surface area contributed by atoms with Crippen LogP contribution in [-0.2, 0) is 9.59 Å². The van der Waals surface area contributed by atoms with Crippen LogP contribution in [0.5, 0.6) is 11.5 Å². The third-order valence-corrected chi connectivity index (χ3v) is 3.67.